The minimum absolute atomic E-state index is 0.130. The number of carbonyl (C=O) groups is 1. The van der Waals surface area contributed by atoms with Gasteiger partial charge in [0.25, 0.3) is 0 Å². The van der Waals surface area contributed by atoms with Crippen molar-refractivity contribution >= 4 is 5.91 Å². The standard InChI is InChI=1S/C12H23N3O/c1-15(8-9-2-3-9)7-6-11(12(13)16)14-10-4-5-10/h9-11,14H,2-8H2,1H3,(H2,13,16). The summed E-state index contributed by atoms with van der Waals surface area (Å²) >= 11 is 0. The van der Waals surface area contributed by atoms with Gasteiger partial charge in [-0.1, -0.05) is 0 Å². The third-order valence-electron chi connectivity index (χ3n) is 3.42. The van der Waals surface area contributed by atoms with E-state index in [1.54, 1.807) is 0 Å². The van der Waals surface area contributed by atoms with Gasteiger partial charge in [-0.3, -0.25) is 4.79 Å². The van der Waals surface area contributed by atoms with Crippen LogP contribution in [0.5, 0.6) is 0 Å². The van der Waals surface area contributed by atoms with Crippen molar-refractivity contribution in [3.8, 4) is 0 Å². The van der Waals surface area contributed by atoms with Crippen LogP contribution in [0.15, 0.2) is 0 Å². The van der Waals surface area contributed by atoms with Crippen LogP contribution in [-0.2, 0) is 4.79 Å². The Morgan fingerprint density at radius 3 is 2.62 bits per heavy atom. The lowest BCUT2D eigenvalue weighted by Gasteiger charge is -2.20. The van der Waals surface area contributed by atoms with Crippen LogP contribution in [0.4, 0.5) is 0 Å². The van der Waals surface area contributed by atoms with Crippen LogP contribution in [0.25, 0.3) is 0 Å². The van der Waals surface area contributed by atoms with Crippen LogP contribution in [0.3, 0.4) is 0 Å². The smallest absolute Gasteiger partial charge is 0.234 e. The van der Waals surface area contributed by atoms with E-state index >= 15 is 0 Å². The zero-order chi connectivity index (χ0) is 11.5. The number of nitrogens with two attached hydrogens (primary N) is 1. The van der Waals surface area contributed by atoms with E-state index in [1.807, 2.05) is 0 Å². The average molecular weight is 225 g/mol. The van der Waals surface area contributed by atoms with Crippen molar-refractivity contribution < 1.29 is 4.79 Å². The summed E-state index contributed by atoms with van der Waals surface area (Å²) in [6.07, 6.45) is 5.99. The molecule has 2 rings (SSSR count). The molecule has 4 nitrogen and oxygen atoms in total. The summed E-state index contributed by atoms with van der Waals surface area (Å²) in [4.78, 5) is 13.6. The lowest BCUT2D eigenvalue weighted by Crippen LogP contribution is -2.44. The fraction of sp³-hybridized carbons (Fsp3) is 0.917. The van der Waals surface area contributed by atoms with Gasteiger partial charge in [0, 0.05) is 12.6 Å². The summed E-state index contributed by atoms with van der Waals surface area (Å²) in [6, 6.07) is 0.417. The molecule has 2 aliphatic carbocycles. The highest BCUT2D eigenvalue weighted by Gasteiger charge is 2.28. The van der Waals surface area contributed by atoms with Crippen molar-refractivity contribution in [2.75, 3.05) is 20.1 Å². The molecule has 16 heavy (non-hydrogen) atoms. The number of rotatable bonds is 8. The fourth-order valence-corrected chi connectivity index (χ4v) is 2.02. The quantitative estimate of drug-likeness (QED) is 0.625. The molecule has 1 unspecified atom stereocenters. The molecule has 4 heteroatoms. The van der Waals surface area contributed by atoms with Crippen molar-refractivity contribution in [2.45, 2.75) is 44.2 Å². The topological polar surface area (TPSA) is 58.4 Å². The molecule has 0 aliphatic heterocycles. The molecule has 0 saturated heterocycles. The molecule has 2 saturated carbocycles. The van der Waals surface area contributed by atoms with Gasteiger partial charge in [0.05, 0.1) is 6.04 Å². The van der Waals surface area contributed by atoms with Crippen LogP contribution >= 0.6 is 0 Å². The third-order valence-corrected chi connectivity index (χ3v) is 3.42. The highest BCUT2D eigenvalue weighted by molar-refractivity contribution is 5.79. The SMILES string of the molecule is CN(CCC(NC1CC1)C(N)=O)CC1CC1. The maximum Gasteiger partial charge on any atom is 0.234 e. The van der Waals surface area contributed by atoms with Crippen molar-refractivity contribution in [3.63, 3.8) is 0 Å². The zero-order valence-electron chi connectivity index (χ0n) is 10.1. The molecular weight excluding hydrogens is 202 g/mol. The second-order valence-corrected chi connectivity index (χ2v) is 5.39. The van der Waals surface area contributed by atoms with E-state index < -0.39 is 0 Å². The Bertz CT molecular complexity index is 249. The van der Waals surface area contributed by atoms with E-state index in [-0.39, 0.29) is 11.9 Å². The predicted octanol–water partition coefficient (Wildman–Crippen LogP) is 0.324. The van der Waals surface area contributed by atoms with Gasteiger partial charge < -0.3 is 16.0 Å². The van der Waals surface area contributed by atoms with E-state index in [0.717, 1.165) is 18.9 Å². The average Bonchev–Trinajstić information content (AvgIpc) is 3.06. The Balaban J connectivity index is 1.65. The molecule has 1 atom stereocenters. The van der Waals surface area contributed by atoms with Gasteiger partial charge in [-0.15, -0.1) is 0 Å². The van der Waals surface area contributed by atoms with Crippen LogP contribution in [0.1, 0.15) is 32.1 Å². The third kappa shape index (κ3) is 4.10. The maximum absolute atomic E-state index is 11.3. The van der Waals surface area contributed by atoms with E-state index in [1.165, 1.54) is 32.2 Å². The van der Waals surface area contributed by atoms with E-state index in [4.69, 9.17) is 5.73 Å². The lowest BCUT2D eigenvalue weighted by molar-refractivity contribution is -0.120. The Morgan fingerprint density at radius 2 is 2.12 bits per heavy atom. The molecule has 1 amide bonds. The number of amides is 1. The number of hydrogen-bond acceptors (Lipinski definition) is 3. The minimum Gasteiger partial charge on any atom is -0.368 e. The van der Waals surface area contributed by atoms with Crippen molar-refractivity contribution in [3.05, 3.63) is 0 Å². The molecule has 0 heterocycles. The van der Waals surface area contributed by atoms with Crippen molar-refractivity contribution in [2.24, 2.45) is 11.7 Å². The van der Waals surface area contributed by atoms with Crippen molar-refractivity contribution in [1.29, 1.82) is 0 Å². The summed E-state index contributed by atoms with van der Waals surface area (Å²) in [5.74, 6) is 0.708. The van der Waals surface area contributed by atoms with Gasteiger partial charge in [0.2, 0.25) is 5.91 Å². The minimum atomic E-state index is -0.202. The largest absolute Gasteiger partial charge is 0.368 e. The first kappa shape index (κ1) is 11.9. The molecule has 2 fully saturated rings. The Hall–Kier alpha value is -0.610. The number of nitrogens with zero attached hydrogens (tertiary/aromatic N) is 1. The molecule has 0 aromatic rings. The molecule has 0 aromatic carbocycles. The second kappa shape index (κ2) is 5.15. The Morgan fingerprint density at radius 1 is 1.44 bits per heavy atom. The summed E-state index contributed by atoms with van der Waals surface area (Å²) in [5.41, 5.74) is 5.39. The monoisotopic (exact) mass is 225 g/mol. The first-order valence-corrected chi connectivity index (χ1v) is 6.39. The fourth-order valence-electron chi connectivity index (χ4n) is 2.02. The van der Waals surface area contributed by atoms with Gasteiger partial charge in [0.15, 0.2) is 0 Å². The molecule has 0 radical (unpaired) electrons. The van der Waals surface area contributed by atoms with Gasteiger partial charge in [-0.2, -0.15) is 0 Å². The van der Waals surface area contributed by atoms with E-state index in [9.17, 15) is 4.79 Å². The molecule has 3 N–H and O–H groups in total. The van der Waals surface area contributed by atoms with Gasteiger partial charge in [0.1, 0.15) is 0 Å². The number of primary amides is 1. The van der Waals surface area contributed by atoms with Crippen LogP contribution in [0, 0.1) is 5.92 Å². The molecule has 0 spiro atoms. The molecule has 92 valence electrons. The number of nitrogens with one attached hydrogen (secondary N) is 1. The van der Waals surface area contributed by atoms with E-state index in [2.05, 4.69) is 17.3 Å². The van der Waals surface area contributed by atoms with Gasteiger partial charge in [-0.05, 0) is 51.6 Å². The van der Waals surface area contributed by atoms with Gasteiger partial charge in [-0.25, -0.2) is 0 Å². The normalized spacial score (nSPS) is 22.4. The first-order valence-electron chi connectivity index (χ1n) is 6.39. The summed E-state index contributed by atoms with van der Waals surface area (Å²) in [7, 11) is 2.13. The molecule has 0 bridgehead atoms. The predicted molar refractivity (Wildman–Crippen MR) is 64.0 cm³/mol. The highest BCUT2D eigenvalue weighted by Crippen LogP contribution is 2.29. The Labute approximate surface area is 97.6 Å². The van der Waals surface area contributed by atoms with E-state index in [0.29, 0.717) is 6.04 Å². The number of hydrogen-bond donors (Lipinski definition) is 2. The first-order chi connectivity index (χ1) is 7.65. The molecule has 2 aliphatic rings. The highest BCUT2D eigenvalue weighted by atomic mass is 16.1. The van der Waals surface area contributed by atoms with Crippen LogP contribution in [0.2, 0.25) is 0 Å². The Kier molecular flexibility index (Phi) is 3.82. The lowest BCUT2D eigenvalue weighted by atomic mass is 10.2. The van der Waals surface area contributed by atoms with Crippen LogP contribution in [-0.4, -0.2) is 43.0 Å². The van der Waals surface area contributed by atoms with Crippen LogP contribution < -0.4 is 11.1 Å². The second-order valence-electron chi connectivity index (χ2n) is 5.39. The zero-order valence-corrected chi connectivity index (χ0v) is 10.1. The molecular formula is C12H23N3O. The molecule has 0 aromatic heterocycles. The van der Waals surface area contributed by atoms with Crippen molar-refractivity contribution in [1.82, 2.24) is 10.2 Å². The summed E-state index contributed by atoms with van der Waals surface area (Å²) in [6.45, 7) is 2.14. The maximum atomic E-state index is 11.3. The van der Waals surface area contributed by atoms with Gasteiger partial charge >= 0.3 is 0 Å². The summed E-state index contributed by atoms with van der Waals surface area (Å²) in [5, 5.41) is 3.31. The summed E-state index contributed by atoms with van der Waals surface area (Å²) < 4.78 is 0. The number of carbonyl (C=O) groups excluding carboxylic acids is 1.